The molecule has 0 unspecified atom stereocenters. The van der Waals surface area contributed by atoms with Gasteiger partial charge in [0, 0.05) is 52.0 Å². The van der Waals surface area contributed by atoms with Crippen molar-refractivity contribution in [2.45, 2.75) is 32.7 Å². The molecular weight excluding hydrogens is 414 g/mol. The van der Waals surface area contributed by atoms with Gasteiger partial charge in [-0.1, -0.05) is 43.6 Å². The minimum Gasteiger partial charge on any atom is -0.492 e. The van der Waals surface area contributed by atoms with E-state index in [2.05, 4.69) is 13.8 Å². The van der Waals surface area contributed by atoms with Crippen LogP contribution in [0.15, 0.2) is 47.4 Å². The van der Waals surface area contributed by atoms with Crippen molar-refractivity contribution in [1.29, 1.82) is 0 Å². The van der Waals surface area contributed by atoms with E-state index in [9.17, 15) is 14.7 Å². The Hall–Kier alpha value is -3.05. The van der Waals surface area contributed by atoms with Gasteiger partial charge in [0.25, 0.3) is 0 Å². The number of carboxylic acid groups (broad SMARTS) is 1. The number of fused-ring (bicyclic) bond motifs is 5. The third-order valence-electron chi connectivity index (χ3n) is 6.39. The number of rotatable bonds is 3. The van der Waals surface area contributed by atoms with Gasteiger partial charge in [-0.25, -0.2) is 4.79 Å². The van der Waals surface area contributed by atoms with E-state index in [0.717, 1.165) is 41.0 Å². The molecule has 0 amide bonds. The quantitative estimate of drug-likeness (QED) is 0.612. The Bertz CT molecular complexity index is 1290. The van der Waals surface area contributed by atoms with Crippen molar-refractivity contribution in [1.82, 2.24) is 4.57 Å². The lowest BCUT2D eigenvalue weighted by atomic mass is 9.82. The number of halogens is 1. The molecule has 0 aliphatic carbocycles. The molecule has 0 bridgehead atoms. The highest BCUT2D eigenvalue weighted by Gasteiger charge is 2.33. The first-order chi connectivity index (χ1) is 14.9. The van der Waals surface area contributed by atoms with Crippen LogP contribution in [0.1, 0.15) is 41.4 Å². The Kier molecular flexibility index (Phi) is 4.67. The molecule has 5 rings (SSSR count). The summed E-state index contributed by atoms with van der Waals surface area (Å²) in [5.74, 6) is -0.0720. The average Bonchev–Trinajstić information content (AvgIpc) is 3.22. The third-order valence-corrected chi connectivity index (χ3v) is 6.71. The van der Waals surface area contributed by atoms with Gasteiger partial charge in [-0.15, -0.1) is 0 Å². The third kappa shape index (κ3) is 3.07. The van der Waals surface area contributed by atoms with Crippen LogP contribution in [0.4, 0.5) is 0 Å². The summed E-state index contributed by atoms with van der Waals surface area (Å²) in [6, 6.07) is 11.2. The first-order valence-electron chi connectivity index (χ1n) is 10.4. The summed E-state index contributed by atoms with van der Waals surface area (Å²) in [6.45, 7) is 4.85. The summed E-state index contributed by atoms with van der Waals surface area (Å²) in [6.07, 6.45) is 3.07. The number of carboxylic acids is 1. The molecule has 0 saturated carbocycles. The van der Waals surface area contributed by atoms with Crippen molar-refractivity contribution in [3.05, 3.63) is 74.5 Å². The second-order valence-electron chi connectivity index (χ2n) is 8.50. The minimum absolute atomic E-state index is 0.0528. The highest BCUT2D eigenvalue weighted by molar-refractivity contribution is 6.33. The molecule has 1 N–H and O–H groups in total. The summed E-state index contributed by atoms with van der Waals surface area (Å²) < 4.78 is 8.03. The molecule has 2 aliphatic heterocycles. The van der Waals surface area contributed by atoms with E-state index in [1.54, 1.807) is 0 Å². The smallest absolute Gasteiger partial charge is 0.341 e. The van der Waals surface area contributed by atoms with Gasteiger partial charge in [0.05, 0.1) is 12.3 Å². The zero-order valence-electron chi connectivity index (χ0n) is 17.3. The predicted octanol–water partition coefficient (Wildman–Crippen LogP) is 5.22. The molecule has 1 aromatic heterocycles. The molecule has 158 valence electrons. The van der Waals surface area contributed by atoms with Crippen LogP contribution in [-0.2, 0) is 12.8 Å². The van der Waals surface area contributed by atoms with Gasteiger partial charge in [0.1, 0.15) is 11.3 Å². The lowest BCUT2D eigenvalue weighted by molar-refractivity contribution is 0.0694. The molecule has 0 spiro atoms. The van der Waals surface area contributed by atoms with Gasteiger partial charge >= 0.3 is 5.97 Å². The molecule has 2 aliphatic rings. The molecule has 2 aromatic carbocycles. The lowest BCUT2D eigenvalue weighted by Crippen LogP contribution is -2.28. The summed E-state index contributed by atoms with van der Waals surface area (Å²) >= 11 is 6.51. The summed E-state index contributed by atoms with van der Waals surface area (Å²) in [5, 5.41) is 10.1. The summed E-state index contributed by atoms with van der Waals surface area (Å²) in [5.41, 5.74) is 5.15. The molecule has 5 nitrogen and oxygen atoms in total. The van der Waals surface area contributed by atoms with Crippen LogP contribution >= 0.6 is 11.6 Å². The van der Waals surface area contributed by atoms with E-state index in [0.29, 0.717) is 11.6 Å². The number of hydrogen-bond donors (Lipinski definition) is 1. The van der Waals surface area contributed by atoms with Crippen LogP contribution < -0.4 is 10.2 Å². The largest absolute Gasteiger partial charge is 0.492 e. The van der Waals surface area contributed by atoms with Gasteiger partial charge < -0.3 is 14.4 Å². The van der Waals surface area contributed by atoms with Crippen LogP contribution in [0.25, 0.3) is 22.4 Å². The zero-order chi connectivity index (χ0) is 21.9. The zero-order valence-corrected chi connectivity index (χ0v) is 18.1. The van der Waals surface area contributed by atoms with Crippen LogP contribution in [0.3, 0.4) is 0 Å². The number of benzene rings is 2. The molecule has 0 fully saturated rings. The van der Waals surface area contributed by atoms with E-state index in [1.807, 2.05) is 34.9 Å². The average molecular weight is 436 g/mol. The number of nitrogens with zero attached hydrogens (tertiary/aromatic N) is 1. The van der Waals surface area contributed by atoms with E-state index in [4.69, 9.17) is 16.3 Å². The van der Waals surface area contributed by atoms with Crippen molar-refractivity contribution in [2.75, 3.05) is 6.61 Å². The number of hydrogen-bond acceptors (Lipinski definition) is 3. The Morgan fingerprint density at radius 1 is 1.16 bits per heavy atom. The summed E-state index contributed by atoms with van der Waals surface area (Å²) in [4.78, 5) is 24.2. The monoisotopic (exact) mass is 435 g/mol. The Balaban J connectivity index is 1.83. The fraction of sp³-hybridized carbons (Fsp3) is 0.280. The second-order valence-corrected chi connectivity index (χ2v) is 8.91. The van der Waals surface area contributed by atoms with Crippen molar-refractivity contribution >= 4 is 17.6 Å². The standard InChI is InChI=1S/C25H22ClNO4/c1-13(2)21-10-16-15-7-8-31-24(15)18(14-5-3-4-6-20(14)26)9-17(16)22-11-23(28)19(25(29)30)12-27(21)22/h3-6,9,11-13,21H,7-8,10H2,1-2H3,(H,29,30)/t21-/m0/s1. The normalized spacial score (nSPS) is 16.5. The van der Waals surface area contributed by atoms with E-state index < -0.39 is 11.4 Å². The highest BCUT2D eigenvalue weighted by Crippen LogP contribution is 2.48. The van der Waals surface area contributed by atoms with Gasteiger partial charge in [-0.05, 0) is 30.0 Å². The molecule has 3 heterocycles. The fourth-order valence-electron chi connectivity index (χ4n) is 4.85. The topological polar surface area (TPSA) is 68.5 Å². The minimum atomic E-state index is -1.20. The molecule has 31 heavy (non-hydrogen) atoms. The number of ether oxygens (including phenoxy) is 1. The van der Waals surface area contributed by atoms with E-state index >= 15 is 0 Å². The Morgan fingerprint density at radius 3 is 2.65 bits per heavy atom. The fourth-order valence-corrected chi connectivity index (χ4v) is 5.09. The first kappa shape index (κ1) is 19.9. The summed E-state index contributed by atoms with van der Waals surface area (Å²) in [7, 11) is 0. The molecule has 6 heteroatoms. The SMILES string of the molecule is CC(C)[C@@H]1Cc2c(cc(-c3ccccc3Cl)c3c2CCO3)-c2cc(=O)c(C(=O)O)cn21. The molecular formula is C25H22ClNO4. The lowest BCUT2D eigenvalue weighted by Gasteiger charge is -2.34. The van der Waals surface area contributed by atoms with Crippen LogP contribution in [-0.4, -0.2) is 22.2 Å². The maximum absolute atomic E-state index is 12.6. The van der Waals surface area contributed by atoms with Crippen molar-refractivity contribution in [3.63, 3.8) is 0 Å². The number of aromatic nitrogens is 1. The number of aromatic carboxylic acids is 1. The second kappa shape index (κ2) is 7.27. The Morgan fingerprint density at radius 2 is 1.94 bits per heavy atom. The molecule has 0 saturated heterocycles. The maximum Gasteiger partial charge on any atom is 0.341 e. The van der Waals surface area contributed by atoms with E-state index in [-0.39, 0.29) is 17.5 Å². The number of pyridine rings is 1. The predicted molar refractivity (Wildman–Crippen MR) is 120 cm³/mol. The van der Waals surface area contributed by atoms with Gasteiger partial charge in [-0.2, -0.15) is 0 Å². The van der Waals surface area contributed by atoms with Crippen LogP contribution in [0.5, 0.6) is 5.75 Å². The first-order valence-corrected chi connectivity index (χ1v) is 10.8. The van der Waals surface area contributed by atoms with Gasteiger partial charge in [0.2, 0.25) is 0 Å². The van der Waals surface area contributed by atoms with Gasteiger partial charge in [-0.3, -0.25) is 4.79 Å². The van der Waals surface area contributed by atoms with Crippen LogP contribution in [0.2, 0.25) is 5.02 Å². The molecule has 1 atom stereocenters. The van der Waals surface area contributed by atoms with Gasteiger partial charge in [0.15, 0.2) is 5.43 Å². The van der Waals surface area contributed by atoms with E-state index in [1.165, 1.54) is 23.4 Å². The number of carbonyl (C=O) groups is 1. The van der Waals surface area contributed by atoms with Crippen molar-refractivity contribution in [3.8, 4) is 28.1 Å². The van der Waals surface area contributed by atoms with Crippen molar-refractivity contribution in [2.24, 2.45) is 5.92 Å². The van der Waals surface area contributed by atoms with Crippen molar-refractivity contribution < 1.29 is 14.6 Å². The highest BCUT2D eigenvalue weighted by atomic mass is 35.5. The molecule has 0 radical (unpaired) electrons. The maximum atomic E-state index is 12.6. The molecule has 3 aromatic rings. The Labute approximate surface area is 184 Å². The van der Waals surface area contributed by atoms with Crippen LogP contribution in [0, 0.1) is 5.92 Å².